The highest BCUT2D eigenvalue weighted by molar-refractivity contribution is 5.61. The maximum Gasteiger partial charge on any atom is 0.262 e. The highest BCUT2D eigenvalue weighted by Crippen LogP contribution is 2.34. The van der Waals surface area contributed by atoms with Gasteiger partial charge in [0.1, 0.15) is 17.3 Å². The van der Waals surface area contributed by atoms with Gasteiger partial charge < -0.3 is 9.47 Å². The summed E-state index contributed by atoms with van der Waals surface area (Å²) >= 11 is 0. The van der Waals surface area contributed by atoms with E-state index in [1.165, 1.54) is 16.5 Å². The molecule has 0 radical (unpaired) electrons. The Hall–Kier alpha value is -2.71. The SMILES string of the molecule is Cc1nc2cc([C@H]3CCOC(C[C@@H]4CCOC4)C3)nc(-c3ccc(F)cc3F)n2c(=O)c1C. The minimum Gasteiger partial charge on any atom is -0.381 e. The summed E-state index contributed by atoms with van der Waals surface area (Å²) in [5.74, 6) is -0.702. The molecule has 6 nitrogen and oxygen atoms in total. The molecule has 3 aromatic rings. The average Bonchev–Trinajstić information content (AvgIpc) is 3.30. The third-order valence-corrected chi connectivity index (χ3v) is 6.88. The van der Waals surface area contributed by atoms with E-state index in [-0.39, 0.29) is 29.0 Å². The first-order chi connectivity index (χ1) is 15.9. The first kappa shape index (κ1) is 22.1. The van der Waals surface area contributed by atoms with Gasteiger partial charge in [-0.2, -0.15) is 0 Å². The Bertz CT molecular complexity index is 1250. The van der Waals surface area contributed by atoms with Gasteiger partial charge in [-0.3, -0.25) is 4.79 Å². The van der Waals surface area contributed by atoms with Gasteiger partial charge in [0.15, 0.2) is 5.82 Å². The van der Waals surface area contributed by atoms with Crippen molar-refractivity contribution in [1.82, 2.24) is 14.4 Å². The predicted molar refractivity (Wildman–Crippen MR) is 119 cm³/mol. The van der Waals surface area contributed by atoms with Crippen molar-refractivity contribution in [2.24, 2.45) is 5.92 Å². The third-order valence-electron chi connectivity index (χ3n) is 6.88. The molecule has 174 valence electrons. The van der Waals surface area contributed by atoms with Crippen molar-refractivity contribution in [2.45, 2.75) is 51.6 Å². The summed E-state index contributed by atoms with van der Waals surface area (Å²) in [7, 11) is 0. The second-order valence-electron chi connectivity index (χ2n) is 9.13. The van der Waals surface area contributed by atoms with Gasteiger partial charge in [-0.25, -0.2) is 23.1 Å². The molecule has 5 rings (SSSR count). The minimum atomic E-state index is -0.767. The fraction of sp³-hybridized carbons (Fsp3) is 0.480. The molecule has 1 aromatic carbocycles. The number of fused-ring (bicyclic) bond motifs is 1. The number of nitrogens with zero attached hydrogens (tertiary/aromatic N) is 3. The largest absolute Gasteiger partial charge is 0.381 e. The maximum atomic E-state index is 14.8. The number of aryl methyl sites for hydroxylation is 1. The average molecular weight is 456 g/mol. The minimum absolute atomic E-state index is 0.0714. The Kier molecular flexibility index (Phi) is 5.97. The molecule has 2 aliphatic heterocycles. The summed E-state index contributed by atoms with van der Waals surface area (Å²) in [6.07, 6.45) is 3.67. The molecular weight excluding hydrogens is 428 g/mol. The van der Waals surface area contributed by atoms with E-state index in [1.54, 1.807) is 13.8 Å². The smallest absolute Gasteiger partial charge is 0.262 e. The lowest BCUT2D eigenvalue weighted by Crippen LogP contribution is -2.28. The number of hydrogen-bond acceptors (Lipinski definition) is 5. The summed E-state index contributed by atoms with van der Waals surface area (Å²) in [6.45, 7) is 5.66. The molecule has 4 heterocycles. The van der Waals surface area contributed by atoms with E-state index >= 15 is 0 Å². The van der Waals surface area contributed by atoms with Crippen molar-refractivity contribution in [3.05, 3.63) is 63.2 Å². The van der Waals surface area contributed by atoms with Crippen molar-refractivity contribution in [3.8, 4) is 11.4 Å². The van der Waals surface area contributed by atoms with Crippen LogP contribution in [0.15, 0.2) is 29.1 Å². The highest BCUT2D eigenvalue weighted by Gasteiger charge is 2.30. The van der Waals surface area contributed by atoms with Crippen LogP contribution in [0.4, 0.5) is 8.78 Å². The highest BCUT2D eigenvalue weighted by atomic mass is 19.1. The molecule has 0 aliphatic carbocycles. The van der Waals surface area contributed by atoms with E-state index in [0.29, 0.717) is 29.4 Å². The molecule has 0 N–H and O–H groups in total. The van der Waals surface area contributed by atoms with Crippen molar-refractivity contribution in [1.29, 1.82) is 0 Å². The van der Waals surface area contributed by atoms with E-state index in [4.69, 9.17) is 14.5 Å². The molecule has 0 amide bonds. The van der Waals surface area contributed by atoms with Gasteiger partial charge in [0.25, 0.3) is 5.56 Å². The van der Waals surface area contributed by atoms with Crippen LogP contribution in [0.5, 0.6) is 0 Å². The van der Waals surface area contributed by atoms with Crippen molar-refractivity contribution in [3.63, 3.8) is 0 Å². The number of aromatic nitrogens is 3. The molecular formula is C25H27F2N3O3. The van der Waals surface area contributed by atoms with E-state index in [2.05, 4.69) is 4.98 Å². The lowest BCUT2D eigenvalue weighted by atomic mass is 9.88. The van der Waals surface area contributed by atoms with Crippen LogP contribution >= 0.6 is 0 Å². The molecule has 2 aliphatic rings. The molecule has 2 saturated heterocycles. The summed E-state index contributed by atoms with van der Waals surface area (Å²) in [5, 5.41) is 0. The molecule has 0 spiro atoms. The first-order valence-corrected chi connectivity index (χ1v) is 11.5. The Labute approximate surface area is 190 Å². The summed E-state index contributed by atoms with van der Waals surface area (Å²) < 4.78 is 41.2. The van der Waals surface area contributed by atoms with Gasteiger partial charge in [0.05, 0.1) is 11.7 Å². The number of rotatable bonds is 4. The van der Waals surface area contributed by atoms with Crippen LogP contribution in [0.2, 0.25) is 0 Å². The molecule has 0 saturated carbocycles. The zero-order chi connectivity index (χ0) is 23.1. The van der Waals surface area contributed by atoms with Gasteiger partial charge in [-0.05, 0) is 57.6 Å². The zero-order valence-electron chi connectivity index (χ0n) is 18.8. The van der Waals surface area contributed by atoms with Crippen LogP contribution in [0.3, 0.4) is 0 Å². The monoisotopic (exact) mass is 455 g/mol. The molecule has 1 unspecified atom stereocenters. The van der Waals surface area contributed by atoms with Crippen molar-refractivity contribution < 1.29 is 18.3 Å². The van der Waals surface area contributed by atoms with Crippen LogP contribution in [-0.4, -0.2) is 40.3 Å². The predicted octanol–water partition coefficient (Wildman–Crippen LogP) is 4.34. The number of benzene rings is 1. The number of hydrogen-bond donors (Lipinski definition) is 0. The quantitative estimate of drug-likeness (QED) is 0.586. The molecule has 0 bridgehead atoms. The zero-order valence-corrected chi connectivity index (χ0v) is 18.8. The second kappa shape index (κ2) is 8.91. The molecule has 3 atom stereocenters. The third kappa shape index (κ3) is 4.29. The Morgan fingerprint density at radius 2 is 1.97 bits per heavy atom. The topological polar surface area (TPSA) is 65.7 Å². The number of halogens is 2. The van der Waals surface area contributed by atoms with Gasteiger partial charge in [0, 0.05) is 54.8 Å². The van der Waals surface area contributed by atoms with E-state index < -0.39 is 11.6 Å². The maximum absolute atomic E-state index is 14.8. The van der Waals surface area contributed by atoms with Crippen LogP contribution in [0.25, 0.3) is 17.0 Å². The standard InChI is InChI=1S/C25H27F2N3O3/c1-14-15(2)28-23-12-22(17-6-8-33-19(10-17)9-16-5-7-32-13-16)29-24(30(23)25(14)31)20-4-3-18(26)11-21(20)27/h3-4,11-12,16-17,19H,5-10,13H2,1-2H3/t16-,17-,19?/m0/s1. The molecule has 2 fully saturated rings. The Balaban J connectivity index is 1.59. The fourth-order valence-electron chi connectivity index (χ4n) is 4.89. The van der Waals surface area contributed by atoms with Gasteiger partial charge in [-0.1, -0.05) is 0 Å². The van der Waals surface area contributed by atoms with Gasteiger partial charge in [0.2, 0.25) is 0 Å². The summed E-state index contributed by atoms with van der Waals surface area (Å²) in [4.78, 5) is 22.5. The molecule has 8 heteroatoms. The van der Waals surface area contributed by atoms with Crippen molar-refractivity contribution in [2.75, 3.05) is 19.8 Å². The van der Waals surface area contributed by atoms with E-state index in [9.17, 15) is 13.6 Å². The lowest BCUT2D eigenvalue weighted by Gasteiger charge is -2.31. The van der Waals surface area contributed by atoms with Crippen molar-refractivity contribution >= 4 is 5.65 Å². The molecule has 33 heavy (non-hydrogen) atoms. The lowest BCUT2D eigenvalue weighted by molar-refractivity contribution is -0.00859. The summed E-state index contributed by atoms with van der Waals surface area (Å²) in [6, 6.07) is 5.13. The van der Waals surface area contributed by atoms with Crippen LogP contribution in [0.1, 0.15) is 48.6 Å². The van der Waals surface area contributed by atoms with Gasteiger partial charge in [-0.15, -0.1) is 0 Å². The summed E-state index contributed by atoms with van der Waals surface area (Å²) in [5.41, 5.74) is 2.02. The Morgan fingerprint density at radius 3 is 2.73 bits per heavy atom. The fourth-order valence-corrected chi connectivity index (χ4v) is 4.89. The van der Waals surface area contributed by atoms with Gasteiger partial charge >= 0.3 is 0 Å². The second-order valence-corrected chi connectivity index (χ2v) is 9.13. The Morgan fingerprint density at radius 1 is 1.12 bits per heavy atom. The normalized spacial score (nSPS) is 23.3. The van der Waals surface area contributed by atoms with E-state index in [0.717, 1.165) is 50.7 Å². The van der Waals surface area contributed by atoms with E-state index in [1.807, 2.05) is 6.07 Å². The van der Waals surface area contributed by atoms with Crippen LogP contribution < -0.4 is 5.56 Å². The first-order valence-electron chi connectivity index (χ1n) is 11.5. The van der Waals surface area contributed by atoms with Crippen LogP contribution in [0, 0.1) is 31.4 Å². The molecule has 2 aromatic heterocycles. The number of ether oxygens (including phenoxy) is 2. The van der Waals surface area contributed by atoms with Crippen LogP contribution in [-0.2, 0) is 9.47 Å².